The first-order valence-corrected chi connectivity index (χ1v) is 11.8. The van der Waals surface area contributed by atoms with E-state index in [-0.39, 0.29) is 4.90 Å². The van der Waals surface area contributed by atoms with Gasteiger partial charge in [-0.2, -0.15) is 0 Å². The highest BCUT2D eigenvalue weighted by Crippen LogP contribution is 2.22. The lowest BCUT2D eigenvalue weighted by Crippen LogP contribution is -3.13. The predicted molar refractivity (Wildman–Crippen MR) is 116 cm³/mol. The summed E-state index contributed by atoms with van der Waals surface area (Å²) in [5, 5.41) is 0. The fourth-order valence-electron chi connectivity index (χ4n) is 4.06. The molecular weight excluding hydrogens is 384 g/mol. The molecule has 29 heavy (non-hydrogen) atoms. The number of likely N-dealkylation sites (tertiary alicyclic amines) is 1. The van der Waals surface area contributed by atoms with Crippen LogP contribution in [0.4, 0.5) is 5.69 Å². The first kappa shape index (κ1) is 19.9. The average molecular weight is 414 g/mol. The van der Waals surface area contributed by atoms with Gasteiger partial charge in [0.25, 0.3) is 10.0 Å². The maximum Gasteiger partial charge on any atom is 0.261 e. The molecule has 1 fully saturated rings. The summed E-state index contributed by atoms with van der Waals surface area (Å²) in [6.45, 7) is 5.55. The van der Waals surface area contributed by atoms with Gasteiger partial charge in [0.15, 0.2) is 0 Å². The third-order valence-electron chi connectivity index (χ3n) is 5.82. The topological polar surface area (TPSA) is 68.4 Å². The Hall–Kier alpha value is -2.38. The summed E-state index contributed by atoms with van der Waals surface area (Å²) in [5.41, 5.74) is 3.40. The zero-order valence-electron chi connectivity index (χ0n) is 17.1. The third-order valence-corrected chi connectivity index (χ3v) is 7.22. The van der Waals surface area contributed by atoms with E-state index in [0.29, 0.717) is 5.69 Å². The molecule has 2 N–H and O–H groups in total. The number of quaternary nitrogens is 1. The number of aromatic nitrogens is 2. The van der Waals surface area contributed by atoms with Crippen LogP contribution in [0.15, 0.2) is 47.4 Å². The van der Waals surface area contributed by atoms with Crippen LogP contribution in [0.3, 0.4) is 0 Å². The molecule has 4 rings (SSSR count). The Bertz CT molecular complexity index is 1100. The summed E-state index contributed by atoms with van der Waals surface area (Å²) in [6, 6.07) is 12.4. The lowest BCUT2D eigenvalue weighted by molar-refractivity contribution is -0.904. The monoisotopic (exact) mass is 413 g/mol. The van der Waals surface area contributed by atoms with Gasteiger partial charge in [-0.05, 0) is 56.5 Å². The zero-order chi connectivity index (χ0) is 20.4. The molecule has 0 radical (unpaired) electrons. The molecule has 0 aliphatic carbocycles. The molecule has 1 aliphatic heterocycles. The van der Waals surface area contributed by atoms with E-state index < -0.39 is 10.0 Å². The molecule has 0 unspecified atom stereocenters. The Morgan fingerprint density at radius 1 is 1.07 bits per heavy atom. The Kier molecular flexibility index (Phi) is 5.61. The zero-order valence-corrected chi connectivity index (χ0v) is 17.9. The van der Waals surface area contributed by atoms with Crippen molar-refractivity contribution in [2.45, 2.75) is 37.5 Å². The Labute approximate surface area is 172 Å². The van der Waals surface area contributed by atoms with E-state index in [9.17, 15) is 8.42 Å². The minimum atomic E-state index is -3.61. The van der Waals surface area contributed by atoms with Crippen molar-refractivity contribution < 1.29 is 13.3 Å². The molecule has 1 saturated heterocycles. The SMILES string of the molecule is Cc1ccc(S(=O)(=O)Nc2ccc3c(c2)nc(CC[NH+]2CCCCC2)n3C)cc1. The van der Waals surface area contributed by atoms with E-state index in [4.69, 9.17) is 4.98 Å². The van der Waals surface area contributed by atoms with Gasteiger partial charge in [0.1, 0.15) is 5.82 Å². The van der Waals surface area contributed by atoms with Crippen molar-refractivity contribution in [1.82, 2.24) is 9.55 Å². The molecular formula is C22H29N4O2S+. The van der Waals surface area contributed by atoms with E-state index in [1.165, 1.54) is 32.4 Å². The Morgan fingerprint density at radius 3 is 2.52 bits per heavy atom. The van der Waals surface area contributed by atoms with Gasteiger partial charge in [-0.3, -0.25) is 4.72 Å². The predicted octanol–water partition coefficient (Wildman–Crippen LogP) is 2.29. The van der Waals surface area contributed by atoms with Gasteiger partial charge in [0.2, 0.25) is 0 Å². The number of hydrogen-bond acceptors (Lipinski definition) is 3. The summed E-state index contributed by atoms with van der Waals surface area (Å²) in [7, 11) is -1.58. The van der Waals surface area contributed by atoms with Crippen molar-refractivity contribution in [3.63, 3.8) is 0 Å². The fourth-order valence-corrected chi connectivity index (χ4v) is 5.11. The van der Waals surface area contributed by atoms with Crippen LogP contribution in [-0.2, 0) is 23.5 Å². The van der Waals surface area contributed by atoms with Crippen molar-refractivity contribution in [3.05, 3.63) is 53.9 Å². The molecule has 0 saturated carbocycles. The number of benzene rings is 2. The maximum atomic E-state index is 12.7. The molecule has 0 spiro atoms. The van der Waals surface area contributed by atoms with Crippen molar-refractivity contribution in [1.29, 1.82) is 0 Å². The smallest absolute Gasteiger partial charge is 0.261 e. The van der Waals surface area contributed by atoms with Gasteiger partial charge in [0, 0.05) is 7.05 Å². The third kappa shape index (κ3) is 4.46. The van der Waals surface area contributed by atoms with Crippen molar-refractivity contribution >= 4 is 26.7 Å². The highest BCUT2D eigenvalue weighted by Gasteiger charge is 2.17. The maximum absolute atomic E-state index is 12.7. The van der Waals surface area contributed by atoms with E-state index >= 15 is 0 Å². The number of anilines is 1. The van der Waals surface area contributed by atoms with Crippen LogP contribution in [-0.4, -0.2) is 37.6 Å². The standard InChI is InChI=1S/C22H28N4O2S/c1-17-6-9-19(10-7-17)29(27,28)24-18-8-11-21-20(16-18)23-22(25(21)2)12-15-26-13-4-3-5-14-26/h6-11,16,24H,3-5,12-15H2,1-2H3/p+1. The molecule has 3 aromatic rings. The summed E-state index contributed by atoms with van der Waals surface area (Å²) in [6.07, 6.45) is 4.94. The van der Waals surface area contributed by atoms with Crippen molar-refractivity contribution in [2.24, 2.45) is 7.05 Å². The Balaban J connectivity index is 1.52. The fraction of sp³-hybridized carbons (Fsp3) is 0.409. The Morgan fingerprint density at radius 2 is 1.79 bits per heavy atom. The second-order valence-corrected chi connectivity index (χ2v) is 9.70. The van der Waals surface area contributed by atoms with Gasteiger partial charge >= 0.3 is 0 Å². The summed E-state index contributed by atoms with van der Waals surface area (Å²) in [4.78, 5) is 6.71. The van der Waals surface area contributed by atoms with Crippen LogP contribution < -0.4 is 9.62 Å². The molecule has 7 heteroatoms. The molecule has 2 heterocycles. The second kappa shape index (κ2) is 8.16. The van der Waals surface area contributed by atoms with Crippen LogP contribution in [0.2, 0.25) is 0 Å². The molecule has 6 nitrogen and oxygen atoms in total. The highest BCUT2D eigenvalue weighted by atomic mass is 32.2. The molecule has 0 bridgehead atoms. The number of fused-ring (bicyclic) bond motifs is 1. The number of imidazole rings is 1. The van der Waals surface area contributed by atoms with Crippen LogP contribution >= 0.6 is 0 Å². The van der Waals surface area contributed by atoms with Crippen molar-refractivity contribution in [2.75, 3.05) is 24.4 Å². The number of nitrogens with one attached hydrogen (secondary N) is 2. The number of sulfonamides is 1. The normalized spacial score (nSPS) is 15.7. The number of rotatable bonds is 6. The van der Waals surface area contributed by atoms with Crippen LogP contribution in [0, 0.1) is 6.92 Å². The van der Waals surface area contributed by atoms with E-state index in [0.717, 1.165) is 35.4 Å². The minimum Gasteiger partial charge on any atom is -0.335 e. The number of nitrogens with zero attached hydrogens (tertiary/aromatic N) is 2. The molecule has 154 valence electrons. The van der Waals surface area contributed by atoms with Crippen LogP contribution in [0.5, 0.6) is 0 Å². The highest BCUT2D eigenvalue weighted by molar-refractivity contribution is 7.92. The van der Waals surface area contributed by atoms with Gasteiger partial charge in [0.05, 0.1) is 47.7 Å². The molecule has 0 amide bonds. The summed E-state index contributed by atoms with van der Waals surface area (Å²) < 4.78 is 30.1. The van der Waals surface area contributed by atoms with Gasteiger partial charge in [-0.1, -0.05) is 17.7 Å². The van der Waals surface area contributed by atoms with Gasteiger partial charge < -0.3 is 9.47 Å². The number of piperidine rings is 1. The van der Waals surface area contributed by atoms with Gasteiger partial charge in [-0.25, -0.2) is 13.4 Å². The van der Waals surface area contributed by atoms with Crippen LogP contribution in [0.1, 0.15) is 30.7 Å². The quantitative estimate of drug-likeness (QED) is 0.652. The first-order chi connectivity index (χ1) is 13.9. The van der Waals surface area contributed by atoms with E-state index in [1.54, 1.807) is 35.2 Å². The molecule has 1 aliphatic rings. The number of hydrogen-bond donors (Lipinski definition) is 2. The second-order valence-electron chi connectivity index (χ2n) is 8.02. The largest absolute Gasteiger partial charge is 0.335 e. The van der Waals surface area contributed by atoms with Gasteiger partial charge in [-0.15, -0.1) is 0 Å². The molecule has 0 atom stereocenters. The first-order valence-electron chi connectivity index (χ1n) is 10.3. The molecule has 1 aromatic heterocycles. The summed E-state index contributed by atoms with van der Waals surface area (Å²) >= 11 is 0. The van der Waals surface area contributed by atoms with E-state index in [2.05, 4.69) is 9.29 Å². The number of aryl methyl sites for hydroxylation is 2. The van der Waals surface area contributed by atoms with Crippen molar-refractivity contribution in [3.8, 4) is 0 Å². The average Bonchev–Trinajstić information content (AvgIpc) is 3.02. The van der Waals surface area contributed by atoms with Crippen LogP contribution in [0.25, 0.3) is 11.0 Å². The molecule has 2 aromatic carbocycles. The summed E-state index contributed by atoms with van der Waals surface area (Å²) in [5.74, 6) is 1.05. The lowest BCUT2D eigenvalue weighted by atomic mass is 10.1. The van der Waals surface area contributed by atoms with E-state index in [1.807, 2.05) is 26.1 Å². The minimum absolute atomic E-state index is 0.259. The lowest BCUT2D eigenvalue weighted by Gasteiger charge is -2.23.